The zero-order chi connectivity index (χ0) is 21.1. The Bertz CT molecular complexity index is 1170. The number of anilines is 1. The van der Waals surface area contributed by atoms with Gasteiger partial charge < -0.3 is 14.8 Å². The zero-order valence-corrected chi connectivity index (χ0v) is 17.1. The molecular formula is C21H22ClN5O3. The van der Waals surface area contributed by atoms with Crippen molar-refractivity contribution in [2.45, 2.75) is 19.4 Å². The Hall–Kier alpha value is -3.13. The number of nitrogens with one attached hydrogen (secondary N) is 1. The molecule has 0 saturated carbocycles. The maximum Gasteiger partial charge on any atom is 0.328 e. The van der Waals surface area contributed by atoms with Gasteiger partial charge in [0.25, 0.3) is 5.56 Å². The molecule has 1 aromatic carbocycles. The van der Waals surface area contributed by atoms with Crippen molar-refractivity contribution < 1.29 is 4.79 Å². The molecule has 1 aliphatic rings. The molecule has 0 radical (unpaired) electrons. The van der Waals surface area contributed by atoms with Gasteiger partial charge in [-0.25, -0.2) is 9.78 Å². The van der Waals surface area contributed by atoms with Crippen LogP contribution in [0, 0.1) is 0 Å². The normalized spacial score (nSPS) is 14.3. The number of aromatic amines is 1. The summed E-state index contributed by atoms with van der Waals surface area (Å²) < 4.78 is 1.14. The number of carbonyl (C=O) groups is 1. The molecule has 9 heteroatoms. The predicted octanol–water partition coefficient (Wildman–Crippen LogP) is 1.87. The van der Waals surface area contributed by atoms with Crippen molar-refractivity contribution in [3.05, 3.63) is 68.5 Å². The van der Waals surface area contributed by atoms with Crippen LogP contribution in [0.2, 0.25) is 5.02 Å². The third kappa shape index (κ3) is 4.23. The van der Waals surface area contributed by atoms with E-state index in [2.05, 4.69) is 14.9 Å². The third-order valence-corrected chi connectivity index (χ3v) is 5.56. The molecule has 30 heavy (non-hydrogen) atoms. The quantitative estimate of drug-likeness (QED) is 0.671. The minimum Gasteiger partial charge on any atom is -0.353 e. The summed E-state index contributed by atoms with van der Waals surface area (Å²) in [6.07, 6.45) is 2.47. The van der Waals surface area contributed by atoms with Crippen LogP contribution in [-0.2, 0) is 11.3 Å². The number of halogens is 1. The highest BCUT2D eigenvalue weighted by Gasteiger charge is 2.21. The fourth-order valence-corrected chi connectivity index (χ4v) is 3.87. The number of rotatable bonds is 5. The molecule has 0 spiro atoms. The fourth-order valence-electron chi connectivity index (χ4n) is 3.70. The van der Waals surface area contributed by atoms with Crippen molar-refractivity contribution in [2.24, 2.45) is 0 Å². The highest BCUT2D eigenvalue weighted by molar-refractivity contribution is 6.31. The fraction of sp³-hybridized carbons (Fsp3) is 0.333. The van der Waals surface area contributed by atoms with E-state index in [0.717, 1.165) is 23.5 Å². The molecule has 156 valence electrons. The summed E-state index contributed by atoms with van der Waals surface area (Å²) in [4.78, 5) is 48.4. The first kappa shape index (κ1) is 20.2. The number of benzene rings is 1. The van der Waals surface area contributed by atoms with Crippen LogP contribution in [0.1, 0.15) is 12.8 Å². The van der Waals surface area contributed by atoms with Gasteiger partial charge >= 0.3 is 5.69 Å². The molecule has 1 fully saturated rings. The van der Waals surface area contributed by atoms with E-state index in [-0.39, 0.29) is 24.4 Å². The van der Waals surface area contributed by atoms with E-state index < -0.39 is 5.69 Å². The van der Waals surface area contributed by atoms with Gasteiger partial charge in [0.1, 0.15) is 5.82 Å². The van der Waals surface area contributed by atoms with E-state index in [0.29, 0.717) is 35.4 Å². The molecular weight excluding hydrogens is 406 g/mol. The van der Waals surface area contributed by atoms with E-state index >= 15 is 0 Å². The molecule has 0 aliphatic carbocycles. The Kier molecular flexibility index (Phi) is 5.85. The van der Waals surface area contributed by atoms with Gasteiger partial charge in [-0.15, -0.1) is 0 Å². The number of H-pyrrole nitrogens is 1. The maximum atomic E-state index is 12.6. The smallest absolute Gasteiger partial charge is 0.328 e. The lowest BCUT2D eigenvalue weighted by Crippen LogP contribution is -2.49. The Morgan fingerprint density at radius 3 is 2.63 bits per heavy atom. The van der Waals surface area contributed by atoms with Crippen LogP contribution in [0.5, 0.6) is 0 Å². The van der Waals surface area contributed by atoms with Crippen LogP contribution < -0.4 is 16.1 Å². The minimum atomic E-state index is -0.494. The zero-order valence-electron chi connectivity index (χ0n) is 16.4. The monoisotopic (exact) mass is 427 g/mol. The molecule has 1 amide bonds. The number of carbonyl (C=O) groups excluding carboxylic acids is 1. The van der Waals surface area contributed by atoms with Crippen LogP contribution in [0.25, 0.3) is 10.9 Å². The molecule has 0 unspecified atom stereocenters. The highest BCUT2D eigenvalue weighted by Crippen LogP contribution is 2.14. The van der Waals surface area contributed by atoms with Crippen LogP contribution in [-0.4, -0.2) is 51.5 Å². The lowest BCUT2D eigenvalue weighted by Gasteiger charge is -2.35. The predicted molar refractivity (Wildman–Crippen MR) is 116 cm³/mol. The van der Waals surface area contributed by atoms with E-state index in [1.54, 1.807) is 24.4 Å². The summed E-state index contributed by atoms with van der Waals surface area (Å²) in [6, 6.07) is 10.6. The number of fused-ring (bicyclic) bond motifs is 1. The summed E-state index contributed by atoms with van der Waals surface area (Å²) in [5.74, 6) is 0.952. The number of hydrogen-bond acceptors (Lipinski definition) is 5. The molecule has 1 saturated heterocycles. The molecule has 0 atom stereocenters. The van der Waals surface area contributed by atoms with Crippen molar-refractivity contribution in [1.82, 2.24) is 19.4 Å². The summed E-state index contributed by atoms with van der Waals surface area (Å²) in [7, 11) is 0. The van der Waals surface area contributed by atoms with Gasteiger partial charge in [-0.05, 0) is 36.8 Å². The lowest BCUT2D eigenvalue weighted by molar-refractivity contribution is -0.131. The number of amides is 1. The number of piperazine rings is 1. The molecule has 2 aromatic heterocycles. The van der Waals surface area contributed by atoms with Crippen molar-refractivity contribution in [3.8, 4) is 0 Å². The molecule has 4 rings (SSSR count). The van der Waals surface area contributed by atoms with Gasteiger partial charge in [0.15, 0.2) is 0 Å². The summed E-state index contributed by atoms with van der Waals surface area (Å²) in [5.41, 5.74) is -0.455. The molecule has 3 heterocycles. The Labute approximate surface area is 177 Å². The van der Waals surface area contributed by atoms with E-state index in [9.17, 15) is 14.4 Å². The molecule has 1 N–H and O–H groups in total. The Balaban J connectivity index is 1.34. The number of pyridine rings is 1. The first-order valence-corrected chi connectivity index (χ1v) is 10.3. The highest BCUT2D eigenvalue weighted by atomic mass is 35.5. The largest absolute Gasteiger partial charge is 0.353 e. The van der Waals surface area contributed by atoms with Gasteiger partial charge in [-0.2, -0.15) is 0 Å². The minimum absolute atomic E-state index is 0.0349. The van der Waals surface area contributed by atoms with Crippen LogP contribution >= 0.6 is 11.6 Å². The van der Waals surface area contributed by atoms with E-state index in [1.807, 2.05) is 23.1 Å². The molecule has 1 aliphatic heterocycles. The first-order valence-electron chi connectivity index (χ1n) is 9.89. The topological polar surface area (TPSA) is 91.3 Å². The van der Waals surface area contributed by atoms with Gasteiger partial charge in [0, 0.05) is 50.4 Å². The SMILES string of the molecule is O=C(CCCn1c(=O)[nH]c2cc(Cl)ccc2c1=O)N1CCN(c2ccccn2)CC1. The van der Waals surface area contributed by atoms with E-state index in [4.69, 9.17) is 11.6 Å². The first-order chi connectivity index (χ1) is 14.5. The van der Waals surface area contributed by atoms with Crippen LogP contribution in [0.3, 0.4) is 0 Å². The Morgan fingerprint density at radius 1 is 1.10 bits per heavy atom. The average molecular weight is 428 g/mol. The number of nitrogens with zero attached hydrogens (tertiary/aromatic N) is 4. The summed E-state index contributed by atoms with van der Waals surface area (Å²) >= 11 is 5.92. The molecule has 8 nitrogen and oxygen atoms in total. The molecule has 0 bridgehead atoms. The number of hydrogen-bond donors (Lipinski definition) is 1. The van der Waals surface area contributed by atoms with Gasteiger partial charge in [-0.1, -0.05) is 17.7 Å². The standard InChI is InChI=1S/C21H22ClN5O3/c22-15-6-7-16-17(14-15)24-21(30)27(20(16)29)9-3-5-19(28)26-12-10-25(11-13-26)18-4-1-2-8-23-18/h1-2,4,6-8,14H,3,5,9-13H2,(H,24,30). The second-order valence-electron chi connectivity index (χ2n) is 7.24. The summed E-state index contributed by atoms with van der Waals surface area (Å²) in [6.45, 7) is 2.91. The number of aromatic nitrogens is 3. The van der Waals surface area contributed by atoms with Crippen molar-refractivity contribution >= 4 is 34.2 Å². The summed E-state index contributed by atoms with van der Waals surface area (Å²) in [5, 5.41) is 0.847. The van der Waals surface area contributed by atoms with Crippen molar-refractivity contribution in [2.75, 3.05) is 31.1 Å². The second kappa shape index (κ2) is 8.71. The van der Waals surface area contributed by atoms with Gasteiger partial charge in [-0.3, -0.25) is 14.2 Å². The third-order valence-electron chi connectivity index (χ3n) is 5.32. The van der Waals surface area contributed by atoms with Crippen LogP contribution in [0.15, 0.2) is 52.2 Å². The van der Waals surface area contributed by atoms with Crippen LogP contribution in [0.4, 0.5) is 5.82 Å². The van der Waals surface area contributed by atoms with E-state index in [1.165, 1.54) is 0 Å². The lowest BCUT2D eigenvalue weighted by atomic mass is 10.2. The van der Waals surface area contributed by atoms with Crippen molar-refractivity contribution in [3.63, 3.8) is 0 Å². The van der Waals surface area contributed by atoms with Gasteiger partial charge in [0.05, 0.1) is 10.9 Å². The maximum absolute atomic E-state index is 12.6. The average Bonchev–Trinajstić information content (AvgIpc) is 2.76. The Morgan fingerprint density at radius 2 is 1.90 bits per heavy atom. The molecule has 3 aromatic rings. The van der Waals surface area contributed by atoms with Crippen molar-refractivity contribution in [1.29, 1.82) is 0 Å². The second-order valence-corrected chi connectivity index (χ2v) is 7.67. The van der Waals surface area contributed by atoms with Gasteiger partial charge in [0.2, 0.25) is 5.91 Å².